The highest BCUT2D eigenvalue weighted by molar-refractivity contribution is 5.94. The standard InChI is InChI=1S/C25H39N5O7/c1-5-14(4)21(24(35)29-20(13(2)3)25(36)37)30-23(34)18(12-15-6-8-16(31)9-7-15)28-22(33)17(26)10-11-19(27)32/h6-9,13-14,17-18,20-21,31H,5,10-12,26H2,1-4H3,(H2,27,32)(H,28,33)(H,29,35)(H,30,34)(H,36,37). The molecule has 1 aromatic rings. The second kappa shape index (κ2) is 14.8. The summed E-state index contributed by atoms with van der Waals surface area (Å²) >= 11 is 0. The minimum absolute atomic E-state index is 0.0129. The highest BCUT2D eigenvalue weighted by Gasteiger charge is 2.33. The van der Waals surface area contributed by atoms with Gasteiger partial charge < -0.3 is 37.6 Å². The fourth-order valence-electron chi connectivity index (χ4n) is 3.50. The lowest BCUT2D eigenvalue weighted by Gasteiger charge is -2.29. The van der Waals surface area contributed by atoms with Crippen LogP contribution in [0.25, 0.3) is 0 Å². The van der Waals surface area contributed by atoms with Gasteiger partial charge in [0.05, 0.1) is 6.04 Å². The average Bonchev–Trinajstić information content (AvgIpc) is 2.83. The van der Waals surface area contributed by atoms with Crippen LogP contribution in [0, 0.1) is 11.8 Å². The summed E-state index contributed by atoms with van der Waals surface area (Å²) in [5, 5.41) is 26.7. The Morgan fingerprint density at radius 1 is 0.892 bits per heavy atom. The molecule has 12 nitrogen and oxygen atoms in total. The zero-order chi connectivity index (χ0) is 28.3. The largest absolute Gasteiger partial charge is 0.508 e. The predicted molar refractivity (Wildman–Crippen MR) is 136 cm³/mol. The fourth-order valence-corrected chi connectivity index (χ4v) is 3.50. The molecule has 5 unspecified atom stereocenters. The van der Waals surface area contributed by atoms with E-state index in [0.717, 1.165) is 0 Å². The minimum atomic E-state index is -1.19. The number of primary amides is 1. The molecule has 0 spiro atoms. The maximum absolute atomic E-state index is 13.3. The number of carbonyl (C=O) groups excluding carboxylic acids is 4. The molecular formula is C25H39N5O7. The maximum Gasteiger partial charge on any atom is 0.326 e. The lowest BCUT2D eigenvalue weighted by molar-refractivity contribution is -0.144. The smallest absolute Gasteiger partial charge is 0.326 e. The molecular weight excluding hydrogens is 482 g/mol. The maximum atomic E-state index is 13.3. The van der Waals surface area contributed by atoms with Crippen LogP contribution >= 0.6 is 0 Å². The molecule has 0 aliphatic rings. The van der Waals surface area contributed by atoms with Gasteiger partial charge in [-0.3, -0.25) is 19.2 Å². The van der Waals surface area contributed by atoms with Crippen LogP contribution in [0.1, 0.15) is 52.5 Å². The summed E-state index contributed by atoms with van der Waals surface area (Å²) in [6, 6.07) is 1.54. The molecule has 206 valence electrons. The third-order valence-electron chi connectivity index (χ3n) is 6.07. The third kappa shape index (κ3) is 10.5. The molecule has 5 atom stereocenters. The molecule has 37 heavy (non-hydrogen) atoms. The number of carboxylic acids is 1. The summed E-state index contributed by atoms with van der Waals surface area (Å²) in [5.41, 5.74) is 11.6. The monoisotopic (exact) mass is 521 g/mol. The fraction of sp³-hybridized carbons (Fsp3) is 0.560. The number of aliphatic carboxylic acids is 1. The van der Waals surface area contributed by atoms with Crippen LogP contribution in [0.2, 0.25) is 0 Å². The quantitative estimate of drug-likeness (QED) is 0.163. The van der Waals surface area contributed by atoms with Crippen molar-refractivity contribution in [3.8, 4) is 5.75 Å². The lowest BCUT2D eigenvalue weighted by atomic mass is 9.95. The van der Waals surface area contributed by atoms with Gasteiger partial charge in [-0.15, -0.1) is 0 Å². The first-order valence-corrected chi connectivity index (χ1v) is 12.2. The molecule has 0 aliphatic carbocycles. The number of nitrogens with two attached hydrogens (primary N) is 2. The number of carbonyl (C=O) groups is 5. The molecule has 0 radical (unpaired) electrons. The Labute approximate surface area is 216 Å². The Balaban J connectivity index is 3.16. The van der Waals surface area contributed by atoms with E-state index in [1.807, 2.05) is 6.92 Å². The summed E-state index contributed by atoms with van der Waals surface area (Å²) in [6.07, 6.45) is 0.391. The number of hydrogen-bond donors (Lipinski definition) is 7. The average molecular weight is 522 g/mol. The number of carboxylic acid groups (broad SMARTS) is 1. The number of phenolic OH excluding ortho intramolecular Hbond substituents is 1. The molecule has 0 heterocycles. The Morgan fingerprint density at radius 2 is 1.46 bits per heavy atom. The summed E-state index contributed by atoms with van der Waals surface area (Å²) in [6.45, 7) is 6.87. The molecule has 0 saturated carbocycles. The molecule has 1 rings (SSSR count). The number of hydrogen-bond acceptors (Lipinski definition) is 7. The van der Waals surface area contributed by atoms with Gasteiger partial charge in [0, 0.05) is 12.8 Å². The second-order valence-electron chi connectivity index (χ2n) is 9.48. The summed E-state index contributed by atoms with van der Waals surface area (Å²) in [5.74, 6) is -4.56. The van der Waals surface area contributed by atoms with Gasteiger partial charge in [0.15, 0.2) is 0 Å². The molecule has 0 bridgehead atoms. The van der Waals surface area contributed by atoms with Crippen LogP contribution in [0.4, 0.5) is 0 Å². The number of benzene rings is 1. The van der Waals surface area contributed by atoms with Gasteiger partial charge in [0.2, 0.25) is 23.6 Å². The highest BCUT2D eigenvalue weighted by atomic mass is 16.4. The van der Waals surface area contributed by atoms with Crippen molar-refractivity contribution in [2.24, 2.45) is 23.3 Å². The Hall–Kier alpha value is -3.67. The van der Waals surface area contributed by atoms with Crippen molar-refractivity contribution in [3.63, 3.8) is 0 Å². The highest BCUT2D eigenvalue weighted by Crippen LogP contribution is 2.14. The summed E-state index contributed by atoms with van der Waals surface area (Å²) in [4.78, 5) is 61.6. The SMILES string of the molecule is CCC(C)C(NC(=O)C(Cc1ccc(O)cc1)NC(=O)C(N)CCC(N)=O)C(=O)NC(C(=O)O)C(C)C. The zero-order valence-electron chi connectivity index (χ0n) is 21.7. The van der Waals surface area contributed by atoms with Gasteiger partial charge in [-0.05, 0) is 36.0 Å². The van der Waals surface area contributed by atoms with E-state index >= 15 is 0 Å². The van der Waals surface area contributed by atoms with E-state index in [-0.39, 0.29) is 30.9 Å². The number of rotatable bonds is 15. The van der Waals surface area contributed by atoms with E-state index in [1.165, 1.54) is 12.1 Å². The minimum Gasteiger partial charge on any atom is -0.508 e. The first-order chi connectivity index (χ1) is 17.3. The normalized spacial score (nSPS) is 15.1. The third-order valence-corrected chi connectivity index (χ3v) is 6.07. The van der Waals surface area contributed by atoms with Crippen LogP contribution < -0.4 is 27.4 Å². The number of phenols is 1. The van der Waals surface area contributed by atoms with Crippen molar-refractivity contribution in [1.29, 1.82) is 0 Å². The number of aromatic hydroxyl groups is 1. The van der Waals surface area contributed by atoms with Gasteiger partial charge in [0.25, 0.3) is 0 Å². The first kappa shape index (κ1) is 31.4. The van der Waals surface area contributed by atoms with E-state index in [1.54, 1.807) is 32.9 Å². The molecule has 0 saturated heterocycles. The van der Waals surface area contributed by atoms with Crippen molar-refractivity contribution >= 4 is 29.6 Å². The molecule has 12 heteroatoms. The van der Waals surface area contributed by atoms with Gasteiger partial charge in [0.1, 0.15) is 23.9 Å². The van der Waals surface area contributed by atoms with Crippen molar-refractivity contribution in [2.45, 2.75) is 77.5 Å². The molecule has 9 N–H and O–H groups in total. The van der Waals surface area contributed by atoms with Crippen LogP contribution in [-0.2, 0) is 30.4 Å². The Kier molecular flexibility index (Phi) is 12.5. The number of amides is 4. The molecule has 0 aliphatic heterocycles. The van der Waals surface area contributed by atoms with E-state index in [2.05, 4.69) is 16.0 Å². The van der Waals surface area contributed by atoms with Crippen molar-refractivity contribution in [2.75, 3.05) is 0 Å². The molecule has 0 fully saturated rings. The van der Waals surface area contributed by atoms with Crippen LogP contribution in [0.15, 0.2) is 24.3 Å². The van der Waals surface area contributed by atoms with Crippen molar-refractivity contribution < 1.29 is 34.2 Å². The summed E-state index contributed by atoms with van der Waals surface area (Å²) < 4.78 is 0. The van der Waals surface area contributed by atoms with Crippen LogP contribution in [0.5, 0.6) is 5.75 Å². The van der Waals surface area contributed by atoms with Crippen LogP contribution in [0.3, 0.4) is 0 Å². The van der Waals surface area contributed by atoms with E-state index in [0.29, 0.717) is 12.0 Å². The van der Waals surface area contributed by atoms with E-state index in [9.17, 15) is 34.2 Å². The summed E-state index contributed by atoms with van der Waals surface area (Å²) in [7, 11) is 0. The Bertz CT molecular complexity index is 951. The van der Waals surface area contributed by atoms with Gasteiger partial charge in [-0.25, -0.2) is 4.79 Å². The zero-order valence-corrected chi connectivity index (χ0v) is 21.7. The second-order valence-corrected chi connectivity index (χ2v) is 9.48. The first-order valence-electron chi connectivity index (χ1n) is 12.2. The van der Waals surface area contributed by atoms with E-state index in [4.69, 9.17) is 11.5 Å². The molecule has 4 amide bonds. The topological polar surface area (TPSA) is 214 Å². The van der Waals surface area contributed by atoms with Gasteiger partial charge in [-0.1, -0.05) is 46.2 Å². The van der Waals surface area contributed by atoms with Gasteiger partial charge in [-0.2, -0.15) is 0 Å². The Morgan fingerprint density at radius 3 is 1.95 bits per heavy atom. The number of nitrogens with one attached hydrogen (secondary N) is 3. The van der Waals surface area contributed by atoms with Gasteiger partial charge >= 0.3 is 5.97 Å². The van der Waals surface area contributed by atoms with Crippen LogP contribution in [-0.4, -0.2) is 64.0 Å². The molecule has 0 aromatic heterocycles. The van der Waals surface area contributed by atoms with E-state index < -0.39 is 59.7 Å². The van der Waals surface area contributed by atoms with Crippen molar-refractivity contribution in [3.05, 3.63) is 29.8 Å². The van der Waals surface area contributed by atoms with Crippen molar-refractivity contribution in [1.82, 2.24) is 16.0 Å². The molecule has 1 aromatic carbocycles. The predicted octanol–water partition coefficient (Wildman–Crippen LogP) is -0.231. The lowest BCUT2D eigenvalue weighted by Crippen LogP contribution is -2.59.